The fraction of sp³-hybridized carbons (Fsp3) is 0.562. The van der Waals surface area contributed by atoms with E-state index in [9.17, 15) is 4.79 Å². The molecule has 1 atom stereocenters. The molecule has 2 fully saturated rings. The predicted molar refractivity (Wildman–Crippen MR) is 82.9 cm³/mol. The number of aryl methyl sites for hydroxylation is 1. The van der Waals surface area contributed by atoms with Gasteiger partial charge in [-0.15, -0.1) is 12.4 Å². The van der Waals surface area contributed by atoms with Crippen LogP contribution in [-0.4, -0.2) is 19.0 Å². The molecule has 1 unspecified atom stereocenters. The summed E-state index contributed by atoms with van der Waals surface area (Å²) in [6.45, 7) is 4.88. The summed E-state index contributed by atoms with van der Waals surface area (Å²) < 4.78 is 0. The van der Waals surface area contributed by atoms with Gasteiger partial charge in [-0.05, 0) is 50.3 Å². The summed E-state index contributed by atoms with van der Waals surface area (Å²) >= 11 is 0. The highest BCUT2D eigenvalue weighted by Gasteiger charge is 2.57. The molecule has 1 spiro atoms. The van der Waals surface area contributed by atoms with Crippen LogP contribution in [0.15, 0.2) is 24.3 Å². The minimum atomic E-state index is 0. The molecule has 0 radical (unpaired) electrons. The number of rotatable bonds is 3. The van der Waals surface area contributed by atoms with E-state index in [1.165, 1.54) is 11.1 Å². The van der Waals surface area contributed by atoms with Crippen molar-refractivity contribution < 1.29 is 4.79 Å². The summed E-state index contributed by atoms with van der Waals surface area (Å²) in [6.07, 6.45) is 3.42. The molecule has 3 rings (SSSR count). The number of hydrogen-bond donors (Lipinski definition) is 2. The van der Waals surface area contributed by atoms with Crippen molar-refractivity contribution in [2.45, 2.75) is 32.7 Å². The minimum absolute atomic E-state index is 0. The monoisotopic (exact) mass is 294 g/mol. The maximum absolute atomic E-state index is 12.2. The zero-order chi connectivity index (χ0) is 13.3. The highest BCUT2D eigenvalue weighted by molar-refractivity contribution is 5.85. The van der Waals surface area contributed by atoms with Crippen LogP contribution in [0, 0.1) is 18.3 Å². The first-order valence-corrected chi connectivity index (χ1v) is 7.24. The Hall–Kier alpha value is -1.06. The van der Waals surface area contributed by atoms with Crippen molar-refractivity contribution >= 4 is 18.3 Å². The summed E-state index contributed by atoms with van der Waals surface area (Å²) in [6, 6.07) is 8.33. The number of piperidine rings is 1. The number of carbonyl (C=O) groups is 1. The summed E-state index contributed by atoms with van der Waals surface area (Å²) in [5, 5.41) is 6.47. The second-order valence-electron chi connectivity index (χ2n) is 6.08. The van der Waals surface area contributed by atoms with E-state index >= 15 is 0 Å². The number of benzene rings is 1. The molecule has 2 N–H and O–H groups in total. The second-order valence-corrected chi connectivity index (χ2v) is 6.08. The third-order valence-corrected chi connectivity index (χ3v) is 4.65. The lowest BCUT2D eigenvalue weighted by molar-refractivity contribution is -0.123. The Morgan fingerprint density at radius 2 is 2.15 bits per heavy atom. The number of carbonyl (C=O) groups excluding carboxylic acids is 1. The van der Waals surface area contributed by atoms with Gasteiger partial charge in [-0.1, -0.05) is 29.8 Å². The fourth-order valence-corrected chi connectivity index (χ4v) is 3.33. The topological polar surface area (TPSA) is 41.1 Å². The Bertz CT molecular complexity index is 483. The van der Waals surface area contributed by atoms with Crippen LogP contribution in [0.5, 0.6) is 0 Å². The van der Waals surface area contributed by atoms with Crippen molar-refractivity contribution in [3.8, 4) is 0 Å². The van der Waals surface area contributed by atoms with Gasteiger partial charge < -0.3 is 10.6 Å². The molecule has 1 heterocycles. The fourth-order valence-electron chi connectivity index (χ4n) is 3.33. The van der Waals surface area contributed by atoms with Crippen LogP contribution < -0.4 is 10.6 Å². The van der Waals surface area contributed by atoms with Gasteiger partial charge in [-0.3, -0.25) is 4.79 Å². The first kappa shape index (κ1) is 15.3. The van der Waals surface area contributed by atoms with Gasteiger partial charge in [0.2, 0.25) is 5.91 Å². The van der Waals surface area contributed by atoms with Crippen LogP contribution in [0.3, 0.4) is 0 Å². The lowest BCUT2D eigenvalue weighted by Crippen LogP contribution is -2.33. The average Bonchev–Trinajstić information content (AvgIpc) is 3.10. The SMILES string of the molecule is Cc1cccc(CNC(=O)C2CC23CCNCC3)c1.Cl. The second kappa shape index (κ2) is 6.15. The number of hydrogen-bond acceptors (Lipinski definition) is 2. The number of amides is 1. The van der Waals surface area contributed by atoms with Crippen molar-refractivity contribution in [2.24, 2.45) is 11.3 Å². The van der Waals surface area contributed by atoms with Crippen LogP contribution in [0.4, 0.5) is 0 Å². The van der Waals surface area contributed by atoms with E-state index in [0.29, 0.717) is 12.0 Å². The molecule has 4 heteroatoms. The molecule has 1 aromatic carbocycles. The summed E-state index contributed by atoms with van der Waals surface area (Å²) in [5.74, 6) is 0.516. The summed E-state index contributed by atoms with van der Waals surface area (Å²) in [4.78, 5) is 12.2. The molecule has 1 aliphatic carbocycles. The van der Waals surface area contributed by atoms with Gasteiger partial charge in [0.25, 0.3) is 0 Å². The average molecular weight is 295 g/mol. The Balaban J connectivity index is 0.00000147. The van der Waals surface area contributed by atoms with Crippen LogP contribution in [-0.2, 0) is 11.3 Å². The van der Waals surface area contributed by atoms with E-state index in [1.54, 1.807) is 0 Å². The highest BCUT2D eigenvalue weighted by Crippen LogP contribution is 2.58. The lowest BCUT2D eigenvalue weighted by Gasteiger charge is -2.23. The smallest absolute Gasteiger partial charge is 0.223 e. The van der Waals surface area contributed by atoms with Gasteiger partial charge >= 0.3 is 0 Å². The standard InChI is InChI=1S/C16H22N2O.ClH/c1-12-3-2-4-13(9-12)11-18-15(19)14-10-16(14)5-7-17-8-6-16;/h2-4,9,14,17H,5-8,10-11H2,1H3,(H,18,19);1H. The molecule has 2 aliphatic rings. The van der Waals surface area contributed by atoms with Gasteiger partial charge in [-0.2, -0.15) is 0 Å². The van der Waals surface area contributed by atoms with Crippen LogP contribution in [0.25, 0.3) is 0 Å². The van der Waals surface area contributed by atoms with Crippen molar-refractivity contribution in [2.75, 3.05) is 13.1 Å². The number of nitrogens with one attached hydrogen (secondary N) is 2. The summed E-state index contributed by atoms with van der Waals surface area (Å²) in [5.41, 5.74) is 2.77. The van der Waals surface area contributed by atoms with E-state index in [-0.39, 0.29) is 24.2 Å². The molecule has 1 saturated heterocycles. The zero-order valence-electron chi connectivity index (χ0n) is 11.9. The molecule has 3 nitrogen and oxygen atoms in total. The molecule has 0 aromatic heterocycles. The molecule has 20 heavy (non-hydrogen) atoms. The molecule has 1 aliphatic heterocycles. The van der Waals surface area contributed by atoms with E-state index in [2.05, 4.69) is 35.8 Å². The largest absolute Gasteiger partial charge is 0.352 e. The Kier molecular flexibility index (Phi) is 4.71. The van der Waals surface area contributed by atoms with Gasteiger partial charge in [-0.25, -0.2) is 0 Å². The number of halogens is 1. The van der Waals surface area contributed by atoms with Crippen molar-refractivity contribution in [1.82, 2.24) is 10.6 Å². The zero-order valence-corrected chi connectivity index (χ0v) is 12.8. The first-order chi connectivity index (χ1) is 9.20. The van der Waals surface area contributed by atoms with Crippen molar-refractivity contribution in [3.05, 3.63) is 35.4 Å². The molecule has 110 valence electrons. The lowest BCUT2D eigenvalue weighted by atomic mass is 9.92. The van der Waals surface area contributed by atoms with Gasteiger partial charge in [0.1, 0.15) is 0 Å². The van der Waals surface area contributed by atoms with E-state index in [4.69, 9.17) is 0 Å². The maximum Gasteiger partial charge on any atom is 0.223 e. The Morgan fingerprint density at radius 1 is 1.40 bits per heavy atom. The third kappa shape index (κ3) is 3.15. The van der Waals surface area contributed by atoms with Gasteiger partial charge in [0.15, 0.2) is 0 Å². The van der Waals surface area contributed by atoms with E-state index in [1.807, 2.05) is 6.07 Å². The molecular formula is C16H23ClN2O. The van der Waals surface area contributed by atoms with E-state index in [0.717, 1.165) is 32.4 Å². The highest BCUT2D eigenvalue weighted by atomic mass is 35.5. The Morgan fingerprint density at radius 3 is 2.85 bits per heavy atom. The van der Waals surface area contributed by atoms with E-state index < -0.39 is 0 Å². The normalized spacial score (nSPS) is 22.9. The molecule has 1 amide bonds. The van der Waals surface area contributed by atoms with Gasteiger partial charge in [0.05, 0.1) is 0 Å². The van der Waals surface area contributed by atoms with Crippen LogP contribution >= 0.6 is 12.4 Å². The van der Waals surface area contributed by atoms with Crippen LogP contribution in [0.1, 0.15) is 30.4 Å². The van der Waals surface area contributed by atoms with Crippen molar-refractivity contribution in [1.29, 1.82) is 0 Å². The molecule has 1 aromatic rings. The van der Waals surface area contributed by atoms with Gasteiger partial charge in [0, 0.05) is 12.5 Å². The maximum atomic E-state index is 12.2. The van der Waals surface area contributed by atoms with Crippen molar-refractivity contribution in [3.63, 3.8) is 0 Å². The van der Waals surface area contributed by atoms with Crippen LogP contribution in [0.2, 0.25) is 0 Å². The first-order valence-electron chi connectivity index (χ1n) is 7.24. The summed E-state index contributed by atoms with van der Waals surface area (Å²) in [7, 11) is 0. The molecule has 0 bridgehead atoms. The Labute approximate surface area is 126 Å². The molecular weight excluding hydrogens is 272 g/mol. The molecule has 1 saturated carbocycles. The third-order valence-electron chi connectivity index (χ3n) is 4.65. The predicted octanol–water partition coefficient (Wildman–Crippen LogP) is 2.42. The minimum Gasteiger partial charge on any atom is -0.352 e. The quantitative estimate of drug-likeness (QED) is 0.899.